The number of allylic oxidation sites excluding steroid dienone is 1. The van der Waals surface area contributed by atoms with Gasteiger partial charge in [-0.05, 0) is 16.3 Å². The summed E-state index contributed by atoms with van der Waals surface area (Å²) in [6.45, 7) is 3.58. The van der Waals surface area contributed by atoms with Crippen LogP contribution in [0.25, 0.3) is 10.8 Å². The van der Waals surface area contributed by atoms with Gasteiger partial charge in [-0.1, -0.05) is 48.5 Å². The summed E-state index contributed by atoms with van der Waals surface area (Å²) in [6.07, 6.45) is 2.60. The van der Waals surface area contributed by atoms with Gasteiger partial charge in [0.05, 0.1) is 0 Å². The van der Waals surface area contributed by atoms with Crippen LogP contribution in [0, 0.1) is 0 Å². The first kappa shape index (κ1) is 10.6. The lowest BCUT2D eigenvalue weighted by atomic mass is 10.00. The molecule has 0 aromatic heterocycles. The molecule has 16 heavy (non-hydrogen) atoms. The van der Waals surface area contributed by atoms with Crippen molar-refractivity contribution >= 4 is 16.6 Å². The Balaban J connectivity index is 2.37. The standard InChI is InChI=1S/C15H14O/c1-2-6-14(16)11-13-9-5-8-12-7-3-4-10-15(12)13/h2-5,7-10H,1,6,11H2. The Kier molecular flexibility index (Phi) is 3.16. The molecule has 0 radical (unpaired) electrons. The third kappa shape index (κ3) is 2.19. The van der Waals surface area contributed by atoms with Gasteiger partial charge in [-0.2, -0.15) is 0 Å². The Morgan fingerprint density at radius 3 is 2.69 bits per heavy atom. The number of ketones is 1. The number of Topliss-reactive ketones (excluding diaryl/α,β-unsaturated/α-hetero) is 1. The molecule has 0 aliphatic rings. The van der Waals surface area contributed by atoms with E-state index < -0.39 is 0 Å². The van der Waals surface area contributed by atoms with E-state index in [1.54, 1.807) is 6.08 Å². The van der Waals surface area contributed by atoms with E-state index in [4.69, 9.17) is 0 Å². The first-order valence-electron chi connectivity index (χ1n) is 5.40. The average Bonchev–Trinajstić information content (AvgIpc) is 2.30. The number of rotatable bonds is 4. The minimum atomic E-state index is 0.214. The second kappa shape index (κ2) is 4.75. The van der Waals surface area contributed by atoms with Crippen LogP contribution in [0.2, 0.25) is 0 Å². The van der Waals surface area contributed by atoms with Crippen LogP contribution in [0.1, 0.15) is 12.0 Å². The van der Waals surface area contributed by atoms with Crippen LogP contribution in [0.4, 0.5) is 0 Å². The Hall–Kier alpha value is -1.89. The summed E-state index contributed by atoms with van der Waals surface area (Å²) in [5, 5.41) is 2.36. The van der Waals surface area contributed by atoms with Crippen molar-refractivity contribution in [1.82, 2.24) is 0 Å². The SMILES string of the molecule is C=CCC(=O)Cc1cccc2ccccc12. The van der Waals surface area contributed by atoms with E-state index in [0.29, 0.717) is 12.8 Å². The molecule has 0 aliphatic carbocycles. The molecule has 0 aliphatic heterocycles. The van der Waals surface area contributed by atoms with Crippen molar-refractivity contribution in [2.75, 3.05) is 0 Å². The second-order valence-corrected chi connectivity index (χ2v) is 3.85. The number of hydrogen-bond donors (Lipinski definition) is 0. The smallest absolute Gasteiger partial charge is 0.141 e. The van der Waals surface area contributed by atoms with Gasteiger partial charge in [0.25, 0.3) is 0 Å². The fourth-order valence-electron chi connectivity index (χ4n) is 1.89. The van der Waals surface area contributed by atoms with Gasteiger partial charge in [0, 0.05) is 12.8 Å². The van der Waals surface area contributed by atoms with Gasteiger partial charge in [0.2, 0.25) is 0 Å². The fourth-order valence-corrected chi connectivity index (χ4v) is 1.89. The maximum atomic E-state index is 11.6. The average molecular weight is 210 g/mol. The molecular weight excluding hydrogens is 196 g/mol. The van der Waals surface area contributed by atoms with Crippen LogP contribution in [0.5, 0.6) is 0 Å². The zero-order valence-electron chi connectivity index (χ0n) is 9.15. The van der Waals surface area contributed by atoms with Crippen LogP contribution in [-0.4, -0.2) is 5.78 Å². The van der Waals surface area contributed by atoms with Gasteiger partial charge in [-0.25, -0.2) is 0 Å². The molecule has 0 bridgehead atoms. The highest BCUT2D eigenvalue weighted by Gasteiger charge is 2.04. The lowest BCUT2D eigenvalue weighted by Crippen LogP contribution is -2.01. The lowest BCUT2D eigenvalue weighted by Gasteiger charge is -2.04. The molecule has 0 atom stereocenters. The Bertz CT molecular complexity index is 520. The number of carbonyl (C=O) groups is 1. The molecule has 0 heterocycles. The van der Waals surface area contributed by atoms with E-state index in [1.165, 1.54) is 10.8 Å². The third-order valence-electron chi connectivity index (χ3n) is 2.64. The molecule has 0 spiro atoms. The quantitative estimate of drug-likeness (QED) is 0.705. The molecule has 1 nitrogen and oxygen atoms in total. The minimum Gasteiger partial charge on any atom is -0.299 e. The molecule has 0 unspecified atom stereocenters. The van der Waals surface area contributed by atoms with Crippen molar-refractivity contribution in [3.8, 4) is 0 Å². The molecule has 0 amide bonds. The van der Waals surface area contributed by atoms with Crippen molar-refractivity contribution in [1.29, 1.82) is 0 Å². The zero-order valence-corrected chi connectivity index (χ0v) is 9.15. The van der Waals surface area contributed by atoms with Crippen molar-refractivity contribution in [3.05, 3.63) is 60.7 Å². The number of benzene rings is 2. The van der Waals surface area contributed by atoms with Crippen molar-refractivity contribution in [2.24, 2.45) is 0 Å². The highest BCUT2D eigenvalue weighted by molar-refractivity contribution is 5.91. The van der Waals surface area contributed by atoms with Gasteiger partial charge in [0.1, 0.15) is 5.78 Å². The first-order chi connectivity index (χ1) is 7.81. The predicted octanol–water partition coefficient (Wildman–Crippen LogP) is 3.53. The summed E-state index contributed by atoms with van der Waals surface area (Å²) in [4.78, 5) is 11.6. The van der Waals surface area contributed by atoms with Crippen molar-refractivity contribution in [3.63, 3.8) is 0 Å². The molecule has 80 valence electrons. The Labute approximate surface area is 95.4 Å². The molecule has 2 aromatic carbocycles. The van der Waals surface area contributed by atoms with E-state index >= 15 is 0 Å². The van der Waals surface area contributed by atoms with Crippen molar-refractivity contribution in [2.45, 2.75) is 12.8 Å². The second-order valence-electron chi connectivity index (χ2n) is 3.85. The van der Waals surface area contributed by atoms with Gasteiger partial charge < -0.3 is 0 Å². The molecule has 0 saturated carbocycles. The number of fused-ring (bicyclic) bond motifs is 1. The third-order valence-corrected chi connectivity index (χ3v) is 2.64. The zero-order chi connectivity index (χ0) is 11.4. The van der Waals surface area contributed by atoms with Crippen LogP contribution >= 0.6 is 0 Å². The van der Waals surface area contributed by atoms with Crippen LogP contribution in [-0.2, 0) is 11.2 Å². The molecular formula is C15H14O. The number of carbonyl (C=O) groups excluding carboxylic acids is 1. The highest BCUT2D eigenvalue weighted by atomic mass is 16.1. The summed E-state index contributed by atoms with van der Waals surface area (Å²) in [7, 11) is 0. The lowest BCUT2D eigenvalue weighted by molar-refractivity contribution is -0.117. The maximum absolute atomic E-state index is 11.6. The summed E-state index contributed by atoms with van der Waals surface area (Å²) < 4.78 is 0. The maximum Gasteiger partial charge on any atom is 0.141 e. The largest absolute Gasteiger partial charge is 0.299 e. The molecule has 0 N–H and O–H groups in total. The molecule has 0 saturated heterocycles. The number of hydrogen-bond acceptors (Lipinski definition) is 1. The van der Waals surface area contributed by atoms with E-state index in [2.05, 4.69) is 24.8 Å². The van der Waals surface area contributed by atoms with E-state index in [-0.39, 0.29) is 5.78 Å². The van der Waals surface area contributed by atoms with Gasteiger partial charge in [-0.15, -0.1) is 6.58 Å². The summed E-state index contributed by atoms with van der Waals surface area (Å²) >= 11 is 0. The monoisotopic (exact) mass is 210 g/mol. The molecule has 1 heteroatoms. The fraction of sp³-hybridized carbons (Fsp3) is 0.133. The molecule has 0 fully saturated rings. The van der Waals surface area contributed by atoms with Crippen molar-refractivity contribution < 1.29 is 4.79 Å². The summed E-state index contributed by atoms with van der Waals surface area (Å²) in [5.41, 5.74) is 1.10. The van der Waals surface area contributed by atoms with Gasteiger partial charge in [-0.3, -0.25) is 4.79 Å². The highest BCUT2D eigenvalue weighted by Crippen LogP contribution is 2.19. The summed E-state index contributed by atoms with van der Waals surface area (Å²) in [6, 6.07) is 14.2. The van der Waals surface area contributed by atoms with Crippen LogP contribution < -0.4 is 0 Å². The topological polar surface area (TPSA) is 17.1 Å². The molecule has 2 aromatic rings. The Morgan fingerprint density at radius 2 is 1.88 bits per heavy atom. The van der Waals surface area contributed by atoms with Gasteiger partial charge >= 0.3 is 0 Å². The van der Waals surface area contributed by atoms with Crippen LogP contribution in [0.15, 0.2) is 55.1 Å². The predicted molar refractivity (Wildman–Crippen MR) is 67.5 cm³/mol. The van der Waals surface area contributed by atoms with E-state index in [0.717, 1.165) is 5.56 Å². The Morgan fingerprint density at radius 1 is 1.12 bits per heavy atom. The van der Waals surface area contributed by atoms with E-state index in [9.17, 15) is 4.79 Å². The van der Waals surface area contributed by atoms with Gasteiger partial charge in [0.15, 0.2) is 0 Å². The minimum absolute atomic E-state index is 0.214. The van der Waals surface area contributed by atoms with E-state index in [1.807, 2.05) is 24.3 Å². The normalized spacial score (nSPS) is 10.2. The van der Waals surface area contributed by atoms with Crippen LogP contribution in [0.3, 0.4) is 0 Å². The first-order valence-corrected chi connectivity index (χ1v) is 5.40. The summed E-state index contributed by atoms with van der Waals surface area (Å²) in [5.74, 6) is 0.214. The molecule has 2 rings (SSSR count).